The molecule has 31 heavy (non-hydrogen) atoms. The maximum Gasteiger partial charge on any atom is 0.338 e. The molecule has 0 spiro atoms. The van der Waals surface area contributed by atoms with Crippen molar-refractivity contribution in [1.82, 2.24) is 0 Å². The van der Waals surface area contributed by atoms with Gasteiger partial charge in [0.2, 0.25) is 0 Å². The van der Waals surface area contributed by atoms with Gasteiger partial charge < -0.3 is 19.1 Å². The van der Waals surface area contributed by atoms with Gasteiger partial charge >= 0.3 is 11.9 Å². The number of carbonyl (C=O) groups excluding carboxylic acids is 3. The Bertz CT molecular complexity index is 1080. The van der Waals surface area contributed by atoms with Crippen molar-refractivity contribution >= 4 is 34.3 Å². The quantitative estimate of drug-likeness (QED) is 0.539. The Morgan fingerprint density at radius 2 is 1.45 bits per heavy atom. The summed E-state index contributed by atoms with van der Waals surface area (Å²) in [5.41, 5.74) is 1.02. The highest BCUT2D eigenvalue weighted by Crippen LogP contribution is 2.27. The first kappa shape index (κ1) is 21.8. The molecule has 0 bridgehead atoms. The maximum absolute atomic E-state index is 13.0. The molecule has 0 aliphatic rings. The lowest BCUT2D eigenvalue weighted by Crippen LogP contribution is -2.35. The van der Waals surface area contributed by atoms with Crippen LogP contribution in [-0.4, -0.2) is 45.2 Å². The zero-order chi connectivity index (χ0) is 22.4. The number of amides is 1. The van der Waals surface area contributed by atoms with E-state index >= 15 is 0 Å². The molecule has 0 saturated heterocycles. The van der Waals surface area contributed by atoms with Gasteiger partial charge in [0, 0.05) is 11.9 Å². The second kappa shape index (κ2) is 9.75. The fraction of sp³-hybridized carbons (Fsp3) is 0.208. The Labute approximate surface area is 180 Å². The molecule has 0 heterocycles. The fourth-order valence-corrected chi connectivity index (χ4v) is 3.30. The number of fused-ring (bicyclic) bond motifs is 1. The van der Waals surface area contributed by atoms with E-state index in [-0.39, 0.29) is 29.4 Å². The van der Waals surface area contributed by atoms with E-state index in [9.17, 15) is 14.4 Å². The number of anilines is 1. The van der Waals surface area contributed by atoms with E-state index in [0.29, 0.717) is 6.54 Å². The third kappa shape index (κ3) is 4.83. The number of likely N-dealkylation sites (N-methyl/N-ethyl adjacent to an activating group) is 1. The van der Waals surface area contributed by atoms with Gasteiger partial charge in [-0.2, -0.15) is 0 Å². The molecule has 0 N–H and O–H groups in total. The van der Waals surface area contributed by atoms with Crippen molar-refractivity contribution in [2.24, 2.45) is 0 Å². The highest BCUT2D eigenvalue weighted by Gasteiger charge is 2.19. The van der Waals surface area contributed by atoms with E-state index in [2.05, 4.69) is 0 Å². The Hall–Kier alpha value is -3.87. The number of nitrogens with zero attached hydrogens (tertiary/aromatic N) is 1. The Morgan fingerprint density at radius 3 is 2.06 bits per heavy atom. The van der Waals surface area contributed by atoms with Gasteiger partial charge in [-0.3, -0.25) is 4.79 Å². The SMILES string of the molecule is CCN(C(=O)COc1cc(C(=O)OC)cc(C(=O)OC)c1)c1cccc2ccccc12. The third-order valence-electron chi connectivity index (χ3n) is 4.79. The molecule has 3 aromatic carbocycles. The largest absolute Gasteiger partial charge is 0.484 e. The molecule has 0 unspecified atom stereocenters. The van der Waals surface area contributed by atoms with E-state index in [1.807, 2.05) is 49.4 Å². The van der Waals surface area contributed by atoms with Crippen molar-refractivity contribution in [3.05, 3.63) is 71.8 Å². The minimum Gasteiger partial charge on any atom is -0.484 e. The number of esters is 2. The van der Waals surface area contributed by atoms with Crippen LogP contribution in [-0.2, 0) is 14.3 Å². The Kier molecular flexibility index (Phi) is 6.87. The number of ether oxygens (including phenoxy) is 3. The minimum atomic E-state index is -0.632. The smallest absolute Gasteiger partial charge is 0.338 e. The molecule has 0 aromatic heterocycles. The van der Waals surface area contributed by atoms with Crippen LogP contribution in [0.5, 0.6) is 5.75 Å². The summed E-state index contributed by atoms with van der Waals surface area (Å²) in [7, 11) is 2.47. The van der Waals surface area contributed by atoms with E-state index < -0.39 is 11.9 Å². The molecule has 7 nitrogen and oxygen atoms in total. The van der Waals surface area contributed by atoms with Crippen LogP contribution in [0.3, 0.4) is 0 Å². The second-order valence-corrected chi connectivity index (χ2v) is 6.65. The van der Waals surface area contributed by atoms with Crippen LogP contribution in [0.2, 0.25) is 0 Å². The number of hydrogen-bond acceptors (Lipinski definition) is 6. The molecular formula is C24H23NO6. The molecular weight excluding hydrogens is 398 g/mol. The van der Waals surface area contributed by atoms with Crippen molar-refractivity contribution in [3.8, 4) is 5.75 Å². The van der Waals surface area contributed by atoms with Gasteiger partial charge in [-0.25, -0.2) is 9.59 Å². The molecule has 1 amide bonds. The lowest BCUT2D eigenvalue weighted by molar-refractivity contribution is -0.120. The zero-order valence-corrected chi connectivity index (χ0v) is 17.6. The summed E-state index contributed by atoms with van der Waals surface area (Å²) in [5, 5.41) is 1.99. The van der Waals surface area contributed by atoms with Crippen molar-refractivity contribution in [2.45, 2.75) is 6.92 Å². The van der Waals surface area contributed by atoms with Crippen molar-refractivity contribution in [3.63, 3.8) is 0 Å². The molecule has 0 aliphatic heterocycles. The summed E-state index contributed by atoms with van der Waals surface area (Å²) in [6.45, 7) is 2.06. The van der Waals surface area contributed by atoms with Crippen molar-refractivity contribution < 1.29 is 28.6 Å². The lowest BCUT2D eigenvalue weighted by atomic mass is 10.1. The van der Waals surface area contributed by atoms with Gasteiger partial charge in [0.1, 0.15) is 5.75 Å². The van der Waals surface area contributed by atoms with Crippen LogP contribution in [0.4, 0.5) is 5.69 Å². The van der Waals surface area contributed by atoms with Crippen molar-refractivity contribution in [1.29, 1.82) is 0 Å². The molecule has 0 radical (unpaired) electrons. The monoisotopic (exact) mass is 421 g/mol. The zero-order valence-electron chi connectivity index (χ0n) is 17.6. The number of carbonyl (C=O) groups is 3. The van der Waals surface area contributed by atoms with E-state index in [0.717, 1.165) is 16.5 Å². The Morgan fingerprint density at radius 1 is 0.839 bits per heavy atom. The molecule has 3 rings (SSSR count). The lowest BCUT2D eigenvalue weighted by Gasteiger charge is -2.23. The number of rotatable bonds is 7. The predicted octanol–water partition coefficient (Wildman–Crippen LogP) is 3.84. The second-order valence-electron chi connectivity index (χ2n) is 6.65. The summed E-state index contributed by atoms with van der Waals surface area (Å²) in [4.78, 5) is 38.4. The average molecular weight is 421 g/mol. The van der Waals surface area contributed by atoms with Gasteiger partial charge in [-0.05, 0) is 36.6 Å². The maximum atomic E-state index is 13.0. The van der Waals surface area contributed by atoms with Crippen LogP contribution in [0.25, 0.3) is 10.8 Å². The first-order valence-corrected chi connectivity index (χ1v) is 9.71. The first-order valence-electron chi connectivity index (χ1n) is 9.71. The van der Waals surface area contributed by atoms with Crippen molar-refractivity contribution in [2.75, 3.05) is 32.3 Å². The highest BCUT2D eigenvalue weighted by molar-refractivity contribution is 6.04. The molecule has 0 aliphatic carbocycles. The summed E-state index contributed by atoms with van der Waals surface area (Å²) in [6, 6.07) is 17.8. The predicted molar refractivity (Wildman–Crippen MR) is 117 cm³/mol. The molecule has 3 aromatic rings. The van der Waals surface area contributed by atoms with Gasteiger partial charge in [0.05, 0.1) is 31.0 Å². The topological polar surface area (TPSA) is 82.1 Å². The Balaban J connectivity index is 1.84. The van der Waals surface area contributed by atoms with Gasteiger partial charge in [-0.1, -0.05) is 36.4 Å². The number of benzene rings is 3. The van der Waals surface area contributed by atoms with E-state index in [1.54, 1.807) is 4.90 Å². The normalized spacial score (nSPS) is 10.4. The van der Waals surface area contributed by atoms with Crippen LogP contribution in [0.15, 0.2) is 60.7 Å². The summed E-state index contributed by atoms with van der Waals surface area (Å²) in [6.07, 6.45) is 0. The van der Waals surface area contributed by atoms with Gasteiger partial charge in [0.25, 0.3) is 5.91 Å². The van der Waals surface area contributed by atoms with Crippen LogP contribution in [0.1, 0.15) is 27.6 Å². The third-order valence-corrected chi connectivity index (χ3v) is 4.79. The molecule has 0 atom stereocenters. The average Bonchev–Trinajstić information content (AvgIpc) is 2.82. The van der Waals surface area contributed by atoms with E-state index in [4.69, 9.17) is 14.2 Å². The van der Waals surface area contributed by atoms with Crippen LogP contribution in [0, 0.1) is 0 Å². The van der Waals surface area contributed by atoms with E-state index in [1.165, 1.54) is 32.4 Å². The van der Waals surface area contributed by atoms with Gasteiger partial charge in [-0.15, -0.1) is 0 Å². The summed E-state index contributed by atoms with van der Waals surface area (Å²) < 4.78 is 15.1. The van der Waals surface area contributed by atoms with Gasteiger partial charge in [0.15, 0.2) is 6.61 Å². The number of methoxy groups -OCH3 is 2. The van der Waals surface area contributed by atoms with Crippen LogP contribution >= 0.6 is 0 Å². The molecule has 0 fully saturated rings. The van der Waals surface area contributed by atoms with Crippen LogP contribution < -0.4 is 9.64 Å². The first-order chi connectivity index (χ1) is 15.0. The molecule has 0 saturated carbocycles. The standard InChI is InChI=1S/C24H23NO6/c1-4-25(21-11-7-9-16-8-5-6-10-20(16)21)22(26)15-31-19-13-17(23(27)29-2)12-18(14-19)24(28)30-3/h5-14H,4,15H2,1-3H3. The highest BCUT2D eigenvalue weighted by atomic mass is 16.5. The number of hydrogen-bond donors (Lipinski definition) is 0. The summed E-state index contributed by atoms with van der Waals surface area (Å²) >= 11 is 0. The fourth-order valence-electron chi connectivity index (χ4n) is 3.30. The summed E-state index contributed by atoms with van der Waals surface area (Å²) in [5.74, 6) is -1.34. The molecule has 160 valence electrons. The minimum absolute atomic E-state index is 0.120. The molecule has 7 heteroatoms.